The number of para-hydroxylation sites is 2. The number of benzene rings is 2. The van der Waals surface area contributed by atoms with Crippen molar-refractivity contribution >= 4 is 28.5 Å². The molecule has 1 aromatic heterocycles. The van der Waals surface area contributed by atoms with Gasteiger partial charge in [0.2, 0.25) is 0 Å². The monoisotopic (exact) mass is 430 g/mol. The quantitative estimate of drug-likeness (QED) is 0.618. The summed E-state index contributed by atoms with van der Waals surface area (Å²) in [5, 5.41) is 0. The van der Waals surface area contributed by atoms with E-state index in [0.717, 1.165) is 22.5 Å². The first-order valence-electron chi connectivity index (χ1n) is 10.9. The van der Waals surface area contributed by atoms with E-state index in [1.54, 1.807) is 18.2 Å². The topological polar surface area (TPSA) is 75.6 Å². The van der Waals surface area contributed by atoms with Crippen LogP contribution < -0.4 is 9.64 Å². The molecule has 2 aromatic carbocycles. The molecular formula is C25H26N4O3. The van der Waals surface area contributed by atoms with E-state index in [1.165, 1.54) is 0 Å². The maximum atomic E-state index is 13.1. The smallest absolute Gasteiger partial charge is 0.254 e. The number of hydrogen-bond donors (Lipinski definition) is 0. The molecule has 3 heterocycles. The van der Waals surface area contributed by atoms with Crippen LogP contribution in [0.2, 0.25) is 0 Å². The standard InChI is InChI=1S/C25H26N4O3/c1-16-23(27-20-7-5-4-6-19(20)26-16)28-10-12-29(13-11-28)24(31)17-8-9-22-18(14-17)21(30)15-25(2,3)32-22/h4-9,14H,10-13,15H2,1-3H3. The molecule has 1 amide bonds. The van der Waals surface area contributed by atoms with Gasteiger partial charge >= 0.3 is 0 Å². The second kappa shape index (κ2) is 7.58. The number of nitrogens with zero attached hydrogens (tertiary/aromatic N) is 4. The highest BCUT2D eigenvalue weighted by Crippen LogP contribution is 2.33. The number of amides is 1. The van der Waals surface area contributed by atoms with E-state index < -0.39 is 5.60 Å². The molecule has 0 aliphatic carbocycles. The van der Waals surface area contributed by atoms with Gasteiger partial charge in [0.25, 0.3) is 5.91 Å². The molecule has 3 aromatic rings. The van der Waals surface area contributed by atoms with E-state index in [9.17, 15) is 9.59 Å². The molecule has 1 saturated heterocycles. The molecule has 2 aliphatic rings. The summed E-state index contributed by atoms with van der Waals surface area (Å²) in [6.07, 6.45) is 0.308. The predicted octanol–water partition coefficient (Wildman–Crippen LogP) is 3.64. The van der Waals surface area contributed by atoms with Gasteiger partial charge in [-0.25, -0.2) is 9.97 Å². The predicted molar refractivity (Wildman–Crippen MR) is 122 cm³/mol. The molecule has 0 unspecified atom stereocenters. The first-order chi connectivity index (χ1) is 15.3. The summed E-state index contributed by atoms with van der Waals surface area (Å²) in [7, 11) is 0. The van der Waals surface area contributed by atoms with Crippen molar-refractivity contribution in [1.82, 2.24) is 14.9 Å². The van der Waals surface area contributed by atoms with E-state index >= 15 is 0 Å². The van der Waals surface area contributed by atoms with Crippen LogP contribution in [0, 0.1) is 6.92 Å². The highest BCUT2D eigenvalue weighted by atomic mass is 16.5. The summed E-state index contributed by atoms with van der Waals surface area (Å²) in [6, 6.07) is 13.0. The lowest BCUT2D eigenvalue weighted by Crippen LogP contribution is -2.49. The lowest BCUT2D eigenvalue weighted by molar-refractivity contribution is 0.0619. The van der Waals surface area contributed by atoms with Crippen molar-refractivity contribution in [1.29, 1.82) is 0 Å². The number of carbonyl (C=O) groups excluding carboxylic acids is 2. The summed E-state index contributed by atoms with van der Waals surface area (Å²) in [4.78, 5) is 39.2. The average molecular weight is 431 g/mol. The van der Waals surface area contributed by atoms with Crippen LogP contribution in [0.1, 0.15) is 46.7 Å². The number of fused-ring (bicyclic) bond motifs is 2. The van der Waals surface area contributed by atoms with Gasteiger partial charge in [0.15, 0.2) is 11.6 Å². The number of Topliss-reactive ketones (excluding diaryl/α,β-unsaturated/α-hetero) is 1. The van der Waals surface area contributed by atoms with Crippen molar-refractivity contribution in [2.75, 3.05) is 31.1 Å². The number of ether oxygens (including phenoxy) is 1. The molecular weight excluding hydrogens is 404 g/mol. The Morgan fingerprint density at radius 1 is 1.00 bits per heavy atom. The van der Waals surface area contributed by atoms with Gasteiger partial charge in [0, 0.05) is 31.7 Å². The third kappa shape index (κ3) is 3.68. The Kier molecular flexibility index (Phi) is 4.84. The molecule has 0 bridgehead atoms. The van der Waals surface area contributed by atoms with Gasteiger partial charge in [-0.3, -0.25) is 9.59 Å². The van der Waals surface area contributed by atoms with Crippen molar-refractivity contribution in [3.8, 4) is 5.75 Å². The van der Waals surface area contributed by atoms with Gasteiger partial charge < -0.3 is 14.5 Å². The van der Waals surface area contributed by atoms with E-state index in [-0.39, 0.29) is 11.7 Å². The largest absolute Gasteiger partial charge is 0.487 e. The number of aryl methyl sites for hydroxylation is 1. The van der Waals surface area contributed by atoms with Crippen molar-refractivity contribution in [2.24, 2.45) is 0 Å². The molecule has 0 N–H and O–H groups in total. The molecule has 7 heteroatoms. The SMILES string of the molecule is Cc1nc2ccccc2nc1N1CCN(C(=O)c2ccc3c(c2)C(=O)CC(C)(C)O3)CC1. The summed E-state index contributed by atoms with van der Waals surface area (Å²) in [5.41, 5.74) is 3.15. The minimum Gasteiger partial charge on any atom is -0.487 e. The fraction of sp³-hybridized carbons (Fsp3) is 0.360. The minimum atomic E-state index is -0.518. The van der Waals surface area contributed by atoms with Crippen LogP contribution in [0.15, 0.2) is 42.5 Å². The van der Waals surface area contributed by atoms with Crippen LogP contribution in [0.5, 0.6) is 5.75 Å². The van der Waals surface area contributed by atoms with E-state index in [2.05, 4.69) is 9.88 Å². The van der Waals surface area contributed by atoms with Crippen molar-refractivity contribution < 1.29 is 14.3 Å². The first-order valence-corrected chi connectivity index (χ1v) is 10.9. The molecule has 0 saturated carbocycles. The van der Waals surface area contributed by atoms with Crippen LogP contribution in [-0.2, 0) is 0 Å². The number of aromatic nitrogens is 2. The molecule has 7 nitrogen and oxygen atoms in total. The highest BCUT2D eigenvalue weighted by molar-refractivity contribution is 6.03. The van der Waals surface area contributed by atoms with Crippen LogP contribution in [-0.4, -0.2) is 58.3 Å². The van der Waals surface area contributed by atoms with Gasteiger partial charge in [-0.05, 0) is 51.1 Å². The van der Waals surface area contributed by atoms with Gasteiger partial charge in [0.1, 0.15) is 11.4 Å². The molecule has 0 spiro atoms. The summed E-state index contributed by atoms with van der Waals surface area (Å²) in [6.45, 7) is 8.30. The Bertz CT molecular complexity index is 1230. The van der Waals surface area contributed by atoms with Crippen LogP contribution >= 0.6 is 0 Å². The summed E-state index contributed by atoms with van der Waals surface area (Å²) >= 11 is 0. The Labute approximate surface area is 187 Å². The van der Waals surface area contributed by atoms with Crippen LogP contribution in [0.25, 0.3) is 11.0 Å². The van der Waals surface area contributed by atoms with Gasteiger partial charge in [-0.1, -0.05) is 12.1 Å². The molecule has 5 rings (SSSR count). The number of carbonyl (C=O) groups is 2. The molecule has 2 aliphatic heterocycles. The number of piperazine rings is 1. The lowest BCUT2D eigenvalue weighted by Gasteiger charge is -2.36. The zero-order chi connectivity index (χ0) is 22.5. The maximum absolute atomic E-state index is 13.1. The van der Waals surface area contributed by atoms with Gasteiger partial charge in [-0.15, -0.1) is 0 Å². The molecule has 0 atom stereocenters. The Balaban J connectivity index is 1.31. The van der Waals surface area contributed by atoms with E-state index in [4.69, 9.17) is 9.72 Å². The third-order valence-electron chi connectivity index (χ3n) is 6.09. The fourth-order valence-corrected chi connectivity index (χ4v) is 4.47. The van der Waals surface area contributed by atoms with Crippen molar-refractivity contribution in [2.45, 2.75) is 32.8 Å². The molecule has 1 fully saturated rings. The highest BCUT2D eigenvalue weighted by Gasteiger charge is 2.33. The third-order valence-corrected chi connectivity index (χ3v) is 6.09. The van der Waals surface area contributed by atoms with E-state index in [0.29, 0.717) is 49.5 Å². The zero-order valence-corrected chi connectivity index (χ0v) is 18.6. The normalized spacial score (nSPS) is 17.8. The Hall–Kier alpha value is -3.48. The van der Waals surface area contributed by atoms with Crippen LogP contribution in [0.3, 0.4) is 0 Å². The van der Waals surface area contributed by atoms with Crippen molar-refractivity contribution in [3.63, 3.8) is 0 Å². The van der Waals surface area contributed by atoms with E-state index in [1.807, 2.05) is 49.9 Å². The number of anilines is 1. The second-order valence-corrected chi connectivity index (χ2v) is 9.07. The summed E-state index contributed by atoms with van der Waals surface area (Å²) < 4.78 is 5.91. The van der Waals surface area contributed by atoms with Crippen LogP contribution in [0.4, 0.5) is 5.82 Å². The Morgan fingerprint density at radius 2 is 1.69 bits per heavy atom. The number of ketones is 1. The molecule has 164 valence electrons. The second-order valence-electron chi connectivity index (χ2n) is 9.07. The van der Waals surface area contributed by atoms with Gasteiger partial charge in [-0.2, -0.15) is 0 Å². The molecule has 0 radical (unpaired) electrons. The number of hydrogen-bond acceptors (Lipinski definition) is 6. The first kappa shape index (κ1) is 20.4. The number of rotatable bonds is 2. The zero-order valence-electron chi connectivity index (χ0n) is 18.6. The molecule has 32 heavy (non-hydrogen) atoms. The fourth-order valence-electron chi connectivity index (χ4n) is 4.47. The Morgan fingerprint density at radius 3 is 2.41 bits per heavy atom. The lowest BCUT2D eigenvalue weighted by atomic mass is 9.92. The minimum absolute atomic E-state index is 0.0149. The summed E-state index contributed by atoms with van der Waals surface area (Å²) in [5.74, 6) is 1.38. The van der Waals surface area contributed by atoms with Crippen molar-refractivity contribution in [3.05, 3.63) is 59.3 Å². The maximum Gasteiger partial charge on any atom is 0.254 e. The van der Waals surface area contributed by atoms with Gasteiger partial charge in [0.05, 0.1) is 28.7 Å². The average Bonchev–Trinajstić information content (AvgIpc) is 2.77.